The Morgan fingerprint density at radius 2 is 1.50 bits per heavy atom. The Hall–Kier alpha value is -2.33. The van der Waals surface area contributed by atoms with Gasteiger partial charge in [0.15, 0.2) is 0 Å². The lowest BCUT2D eigenvalue weighted by Crippen LogP contribution is -2.35. The van der Waals surface area contributed by atoms with Crippen molar-refractivity contribution in [2.45, 2.75) is 19.3 Å². The molecule has 5 heteroatoms. The third kappa shape index (κ3) is 3.95. The quantitative estimate of drug-likeness (QED) is 0.642. The summed E-state index contributed by atoms with van der Waals surface area (Å²) in [5.74, 6) is 0.368. The minimum atomic E-state index is -0.173. The number of anilines is 1. The molecule has 0 atom stereocenters. The third-order valence-corrected chi connectivity index (χ3v) is 4.45. The van der Waals surface area contributed by atoms with Gasteiger partial charge in [0.25, 0.3) is 5.91 Å². The first-order chi connectivity index (χ1) is 11.6. The molecule has 2 aromatic carbocycles. The summed E-state index contributed by atoms with van der Waals surface area (Å²) in [5.41, 5.74) is 2.12. The number of likely N-dealkylation sites (tertiary alicyclic amines) is 1. The molecule has 24 heavy (non-hydrogen) atoms. The number of hydrogen-bond acceptors (Lipinski definition) is 2. The van der Waals surface area contributed by atoms with Gasteiger partial charge in [-0.1, -0.05) is 23.7 Å². The average molecular weight is 342 g/mol. The van der Waals surface area contributed by atoms with E-state index in [2.05, 4.69) is 10.2 Å². The summed E-state index contributed by atoms with van der Waals surface area (Å²) in [6.45, 7) is 1.88. The smallest absolute Gasteiger partial charge is 0.255 e. The molecule has 0 unspecified atom stereocenters. The number of amidine groups is 1. The fraction of sp³-hybridized carbons (Fsp3) is 0.263. The van der Waals surface area contributed by atoms with E-state index in [1.165, 1.54) is 6.42 Å². The van der Waals surface area contributed by atoms with Crippen LogP contribution in [0.1, 0.15) is 35.2 Å². The first kappa shape index (κ1) is 16.5. The van der Waals surface area contributed by atoms with Crippen molar-refractivity contribution in [3.63, 3.8) is 0 Å². The number of halogens is 1. The van der Waals surface area contributed by atoms with Gasteiger partial charge in [-0.15, -0.1) is 0 Å². The van der Waals surface area contributed by atoms with Crippen LogP contribution in [0.5, 0.6) is 0 Å². The van der Waals surface area contributed by atoms with E-state index in [1.54, 1.807) is 36.4 Å². The van der Waals surface area contributed by atoms with Crippen molar-refractivity contribution in [1.29, 1.82) is 5.41 Å². The minimum Gasteiger partial charge on any atom is -0.357 e. The number of nitrogens with one attached hydrogen (secondary N) is 2. The molecule has 1 saturated heterocycles. The Bertz CT molecular complexity index is 719. The summed E-state index contributed by atoms with van der Waals surface area (Å²) in [7, 11) is 0. The van der Waals surface area contributed by atoms with E-state index in [9.17, 15) is 4.79 Å². The first-order valence-corrected chi connectivity index (χ1v) is 8.52. The first-order valence-electron chi connectivity index (χ1n) is 8.14. The fourth-order valence-corrected chi connectivity index (χ4v) is 2.94. The second kappa shape index (κ2) is 7.49. The molecule has 2 N–H and O–H groups in total. The summed E-state index contributed by atoms with van der Waals surface area (Å²) < 4.78 is 0. The van der Waals surface area contributed by atoms with Crippen molar-refractivity contribution in [2.24, 2.45) is 0 Å². The van der Waals surface area contributed by atoms with Crippen LogP contribution in [-0.4, -0.2) is 29.7 Å². The highest BCUT2D eigenvalue weighted by atomic mass is 35.5. The van der Waals surface area contributed by atoms with Crippen LogP contribution in [0.2, 0.25) is 5.02 Å². The maximum atomic E-state index is 12.3. The predicted octanol–water partition coefficient (Wildman–Crippen LogP) is 4.40. The minimum absolute atomic E-state index is 0.173. The molecule has 1 aliphatic heterocycles. The number of amides is 1. The van der Waals surface area contributed by atoms with E-state index in [0.717, 1.165) is 31.5 Å². The molecule has 0 aromatic heterocycles. The number of hydrogen-bond donors (Lipinski definition) is 2. The van der Waals surface area contributed by atoms with Crippen LogP contribution >= 0.6 is 11.6 Å². The summed E-state index contributed by atoms with van der Waals surface area (Å²) >= 11 is 5.84. The topological polar surface area (TPSA) is 56.2 Å². The number of piperidine rings is 1. The largest absolute Gasteiger partial charge is 0.357 e. The van der Waals surface area contributed by atoms with Gasteiger partial charge in [0.1, 0.15) is 5.84 Å². The Balaban J connectivity index is 1.66. The van der Waals surface area contributed by atoms with Gasteiger partial charge < -0.3 is 10.2 Å². The Morgan fingerprint density at radius 1 is 0.917 bits per heavy atom. The lowest BCUT2D eigenvalue weighted by Gasteiger charge is -2.29. The standard InChI is InChI=1S/C19H20ClN3O/c20-16-8-10-17(11-9-16)22-19(24)15-6-4-14(5-7-15)18(21)23-12-2-1-3-13-23/h4-11,21H,1-3,12-13H2,(H,22,24). The van der Waals surface area contributed by atoms with Gasteiger partial charge in [-0.25, -0.2) is 0 Å². The number of benzene rings is 2. The molecule has 0 bridgehead atoms. The van der Waals surface area contributed by atoms with Gasteiger partial charge in [0.05, 0.1) is 0 Å². The molecule has 1 fully saturated rings. The van der Waals surface area contributed by atoms with Crippen molar-refractivity contribution >= 4 is 29.0 Å². The monoisotopic (exact) mass is 341 g/mol. The number of rotatable bonds is 3. The average Bonchev–Trinajstić information content (AvgIpc) is 2.64. The van der Waals surface area contributed by atoms with Crippen molar-refractivity contribution in [2.75, 3.05) is 18.4 Å². The highest BCUT2D eigenvalue weighted by Gasteiger charge is 2.15. The maximum absolute atomic E-state index is 12.3. The molecule has 0 radical (unpaired) electrons. The molecule has 124 valence electrons. The lowest BCUT2D eigenvalue weighted by atomic mass is 10.1. The zero-order valence-corrected chi connectivity index (χ0v) is 14.1. The second-order valence-corrected chi connectivity index (χ2v) is 6.37. The number of carbonyl (C=O) groups excluding carboxylic acids is 1. The van der Waals surface area contributed by atoms with Crippen LogP contribution in [0, 0.1) is 5.41 Å². The van der Waals surface area contributed by atoms with E-state index >= 15 is 0 Å². The van der Waals surface area contributed by atoms with Gasteiger partial charge in [-0.2, -0.15) is 0 Å². The molecule has 1 heterocycles. The van der Waals surface area contributed by atoms with Crippen molar-refractivity contribution in [3.05, 3.63) is 64.7 Å². The maximum Gasteiger partial charge on any atom is 0.255 e. The van der Waals surface area contributed by atoms with Gasteiger partial charge in [-0.05, 0) is 55.7 Å². The van der Waals surface area contributed by atoms with E-state index in [-0.39, 0.29) is 5.91 Å². The molecule has 3 rings (SSSR count). The lowest BCUT2D eigenvalue weighted by molar-refractivity contribution is 0.102. The van der Waals surface area contributed by atoms with Gasteiger partial charge in [0, 0.05) is 34.9 Å². The molecule has 2 aromatic rings. The fourth-order valence-electron chi connectivity index (χ4n) is 2.82. The molecule has 0 spiro atoms. The SMILES string of the molecule is N=C(c1ccc(C(=O)Nc2ccc(Cl)cc2)cc1)N1CCCCC1. The van der Waals surface area contributed by atoms with Crippen LogP contribution in [-0.2, 0) is 0 Å². The van der Waals surface area contributed by atoms with Crippen LogP contribution < -0.4 is 5.32 Å². The third-order valence-electron chi connectivity index (χ3n) is 4.19. The van der Waals surface area contributed by atoms with Gasteiger partial charge in [0.2, 0.25) is 0 Å². The van der Waals surface area contributed by atoms with Crippen molar-refractivity contribution < 1.29 is 4.79 Å². The van der Waals surface area contributed by atoms with E-state index in [0.29, 0.717) is 22.1 Å². The van der Waals surface area contributed by atoms with Crippen LogP contribution in [0.3, 0.4) is 0 Å². The van der Waals surface area contributed by atoms with Crippen LogP contribution in [0.15, 0.2) is 48.5 Å². The molecular weight excluding hydrogens is 322 g/mol. The Morgan fingerprint density at radius 3 is 2.12 bits per heavy atom. The zero-order chi connectivity index (χ0) is 16.9. The normalized spacial score (nSPS) is 14.3. The summed E-state index contributed by atoms with van der Waals surface area (Å²) in [6.07, 6.45) is 3.53. The van der Waals surface area contributed by atoms with Gasteiger partial charge >= 0.3 is 0 Å². The molecule has 0 saturated carbocycles. The van der Waals surface area contributed by atoms with E-state index in [1.807, 2.05) is 12.1 Å². The molecular formula is C19H20ClN3O. The summed E-state index contributed by atoms with van der Waals surface area (Å²) in [6, 6.07) is 14.2. The Kier molecular flexibility index (Phi) is 5.16. The molecule has 4 nitrogen and oxygen atoms in total. The van der Waals surface area contributed by atoms with Crippen LogP contribution in [0.4, 0.5) is 5.69 Å². The van der Waals surface area contributed by atoms with Crippen LogP contribution in [0.25, 0.3) is 0 Å². The molecule has 1 aliphatic rings. The summed E-state index contributed by atoms with van der Waals surface area (Å²) in [5, 5.41) is 11.8. The van der Waals surface area contributed by atoms with Crippen molar-refractivity contribution in [1.82, 2.24) is 4.90 Å². The second-order valence-electron chi connectivity index (χ2n) is 5.93. The Labute approximate surface area is 146 Å². The highest BCUT2D eigenvalue weighted by molar-refractivity contribution is 6.30. The highest BCUT2D eigenvalue weighted by Crippen LogP contribution is 2.16. The van der Waals surface area contributed by atoms with Gasteiger partial charge in [-0.3, -0.25) is 10.2 Å². The van der Waals surface area contributed by atoms with E-state index in [4.69, 9.17) is 17.0 Å². The molecule has 0 aliphatic carbocycles. The number of carbonyl (C=O) groups is 1. The zero-order valence-electron chi connectivity index (χ0n) is 13.4. The predicted molar refractivity (Wildman–Crippen MR) is 98.1 cm³/mol. The van der Waals surface area contributed by atoms with E-state index < -0.39 is 0 Å². The number of nitrogens with zero attached hydrogens (tertiary/aromatic N) is 1. The summed E-state index contributed by atoms with van der Waals surface area (Å²) in [4.78, 5) is 14.4. The van der Waals surface area contributed by atoms with Crippen molar-refractivity contribution in [3.8, 4) is 0 Å². The molecule has 1 amide bonds.